The van der Waals surface area contributed by atoms with E-state index in [1.165, 1.54) is 0 Å². The van der Waals surface area contributed by atoms with Crippen LogP contribution < -0.4 is 15.2 Å². The van der Waals surface area contributed by atoms with Crippen molar-refractivity contribution in [2.75, 3.05) is 0 Å². The second-order valence-corrected chi connectivity index (χ2v) is 7.82. The van der Waals surface area contributed by atoms with E-state index in [2.05, 4.69) is 0 Å². The fourth-order valence-corrected chi connectivity index (χ4v) is 4.36. The SMILES string of the molecule is CC(C)OC(=O)C1=C(N)Oc2c(c(=O)sc3ccccc23)C1c1ccccc1. The van der Waals surface area contributed by atoms with Gasteiger partial charge in [-0.2, -0.15) is 0 Å². The number of fused-ring (bicyclic) bond motifs is 3. The van der Waals surface area contributed by atoms with Crippen LogP contribution in [-0.2, 0) is 9.53 Å². The molecule has 0 amide bonds. The Labute approximate surface area is 166 Å². The van der Waals surface area contributed by atoms with E-state index in [0.717, 1.165) is 27.0 Å². The molecule has 6 heteroatoms. The predicted molar refractivity (Wildman–Crippen MR) is 109 cm³/mol. The Morgan fingerprint density at radius 3 is 2.50 bits per heavy atom. The Bertz CT molecular complexity index is 1150. The Hall–Kier alpha value is -3.12. The Kier molecular flexibility index (Phi) is 4.65. The summed E-state index contributed by atoms with van der Waals surface area (Å²) >= 11 is 1.13. The number of hydrogen-bond acceptors (Lipinski definition) is 6. The molecule has 3 aromatic rings. The number of carbonyl (C=O) groups is 1. The molecule has 0 saturated carbocycles. The summed E-state index contributed by atoms with van der Waals surface area (Å²) in [5, 5.41) is 0.794. The minimum Gasteiger partial charge on any atom is -0.459 e. The van der Waals surface area contributed by atoms with Crippen LogP contribution in [0, 0.1) is 0 Å². The highest BCUT2D eigenvalue weighted by Gasteiger charge is 2.38. The second-order valence-electron chi connectivity index (χ2n) is 6.81. The van der Waals surface area contributed by atoms with E-state index in [9.17, 15) is 9.59 Å². The average molecular weight is 393 g/mol. The van der Waals surface area contributed by atoms with Crippen molar-refractivity contribution in [1.82, 2.24) is 0 Å². The minimum absolute atomic E-state index is 0.0345. The van der Waals surface area contributed by atoms with Crippen LogP contribution in [0.2, 0.25) is 0 Å². The van der Waals surface area contributed by atoms with Crippen molar-refractivity contribution in [2.45, 2.75) is 25.9 Å². The molecule has 0 bridgehead atoms. The monoisotopic (exact) mass is 393 g/mol. The van der Waals surface area contributed by atoms with Crippen molar-refractivity contribution >= 4 is 27.4 Å². The first-order valence-electron chi connectivity index (χ1n) is 8.96. The van der Waals surface area contributed by atoms with Gasteiger partial charge in [-0.25, -0.2) is 4.79 Å². The smallest absolute Gasteiger partial charge is 0.340 e. The highest BCUT2D eigenvalue weighted by Crippen LogP contribution is 2.44. The van der Waals surface area contributed by atoms with Gasteiger partial charge in [0.1, 0.15) is 11.3 Å². The molecular weight excluding hydrogens is 374 g/mol. The maximum atomic E-state index is 13.1. The van der Waals surface area contributed by atoms with Crippen LogP contribution in [0.3, 0.4) is 0 Å². The number of benzene rings is 2. The van der Waals surface area contributed by atoms with Crippen molar-refractivity contribution in [3.05, 3.63) is 86.7 Å². The van der Waals surface area contributed by atoms with E-state index in [1.54, 1.807) is 13.8 Å². The van der Waals surface area contributed by atoms with Gasteiger partial charge in [0.05, 0.1) is 17.6 Å². The van der Waals surface area contributed by atoms with E-state index in [-0.39, 0.29) is 22.3 Å². The zero-order valence-electron chi connectivity index (χ0n) is 15.5. The van der Waals surface area contributed by atoms with Gasteiger partial charge in [0.25, 0.3) is 0 Å². The van der Waals surface area contributed by atoms with Crippen molar-refractivity contribution in [3.8, 4) is 5.75 Å². The summed E-state index contributed by atoms with van der Waals surface area (Å²) in [6, 6.07) is 16.8. The Morgan fingerprint density at radius 1 is 1.11 bits per heavy atom. The third kappa shape index (κ3) is 3.05. The zero-order valence-corrected chi connectivity index (χ0v) is 16.3. The Balaban J connectivity index is 2.01. The van der Waals surface area contributed by atoms with Crippen molar-refractivity contribution < 1.29 is 14.3 Å². The fourth-order valence-electron chi connectivity index (χ4n) is 3.42. The van der Waals surface area contributed by atoms with Crippen molar-refractivity contribution in [3.63, 3.8) is 0 Å². The van der Waals surface area contributed by atoms with Crippen LogP contribution in [0.25, 0.3) is 10.1 Å². The molecule has 1 aliphatic rings. The first-order valence-corrected chi connectivity index (χ1v) is 9.78. The number of esters is 1. The van der Waals surface area contributed by atoms with E-state index in [4.69, 9.17) is 15.2 Å². The summed E-state index contributed by atoms with van der Waals surface area (Å²) in [5.74, 6) is -0.853. The van der Waals surface area contributed by atoms with Gasteiger partial charge in [-0.15, -0.1) is 0 Å². The first kappa shape index (κ1) is 18.3. The van der Waals surface area contributed by atoms with Crippen molar-refractivity contribution in [2.24, 2.45) is 5.73 Å². The number of ether oxygens (including phenoxy) is 2. The van der Waals surface area contributed by atoms with Gasteiger partial charge < -0.3 is 15.2 Å². The molecule has 0 radical (unpaired) electrons. The summed E-state index contributed by atoms with van der Waals surface area (Å²) in [6.07, 6.45) is -0.322. The molecule has 1 atom stereocenters. The quantitative estimate of drug-likeness (QED) is 0.683. The Morgan fingerprint density at radius 2 is 1.79 bits per heavy atom. The molecule has 1 unspecified atom stereocenters. The molecule has 1 aromatic heterocycles. The van der Waals surface area contributed by atoms with Gasteiger partial charge in [-0.1, -0.05) is 53.8 Å². The molecule has 2 heterocycles. The van der Waals surface area contributed by atoms with Crippen LogP contribution >= 0.6 is 11.3 Å². The molecule has 2 aromatic carbocycles. The van der Waals surface area contributed by atoms with Gasteiger partial charge in [-0.3, -0.25) is 4.79 Å². The standard InChI is InChI=1S/C22H19NO4S/c1-12(2)26-21(24)18-16(13-8-4-3-5-9-13)17-19(27-20(18)23)14-10-6-7-11-15(14)28-22(17)25/h3-12,16H,23H2,1-2H3. The van der Waals surface area contributed by atoms with Crippen LogP contribution in [0.1, 0.15) is 30.9 Å². The maximum absolute atomic E-state index is 13.1. The van der Waals surface area contributed by atoms with E-state index < -0.39 is 11.9 Å². The summed E-state index contributed by atoms with van der Waals surface area (Å²) < 4.78 is 11.9. The zero-order chi connectivity index (χ0) is 19.8. The number of nitrogens with two attached hydrogens (primary N) is 1. The third-order valence-electron chi connectivity index (χ3n) is 4.55. The highest BCUT2D eigenvalue weighted by atomic mass is 32.1. The van der Waals surface area contributed by atoms with Crippen LogP contribution in [0.4, 0.5) is 0 Å². The van der Waals surface area contributed by atoms with E-state index in [1.807, 2.05) is 54.6 Å². The molecule has 142 valence electrons. The molecular formula is C22H19NO4S. The molecule has 0 aliphatic carbocycles. The summed E-state index contributed by atoms with van der Waals surface area (Å²) in [6.45, 7) is 3.52. The lowest BCUT2D eigenvalue weighted by Gasteiger charge is -2.28. The van der Waals surface area contributed by atoms with Crippen LogP contribution in [0.15, 0.2) is 70.8 Å². The molecule has 4 rings (SSSR count). The number of hydrogen-bond donors (Lipinski definition) is 1. The molecule has 5 nitrogen and oxygen atoms in total. The summed E-state index contributed by atoms with van der Waals surface area (Å²) in [7, 11) is 0. The predicted octanol–water partition coefficient (Wildman–Crippen LogP) is 3.91. The average Bonchev–Trinajstić information content (AvgIpc) is 2.67. The van der Waals surface area contributed by atoms with Crippen LogP contribution in [0.5, 0.6) is 5.75 Å². The topological polar surface area (TPSA) is 78.6 Å². The second kappa shape index (κ2) is 7.13. The van der Waals surface area contributed by atoms with Gasteiger partial charge in [0.2, 0.25) is 10.6 Å². The van der Waals surface area contributed by atoms with E-state index >= 15 is 0 Å². The third-order valence-corrected chi connectivity index (χ3v) is 5.53. The summed E-state index contributed by atoms with van der Waals surface area (Å²) in [5.41, 5.74) is 7.56. The normalized spacial score (nSPS) is 16.0. The fraction of sp³-hybridized carbons (Fsp3) is 0.182. The van der Waals surface area contributed by atoms with Gasteiger partial charge in [-0.05, 0) is 31.5 Å². The highest BCUT2D eigenvalue weighted by molar-refractivity contribution is 7.16. The van der Waals surface area contributed by atoms with Gasteiger partial charge in [0, 0.05) is 10.1 Å². The molecule has 2 N–H and O–H groups in total. The lowest BCUT2D eigenvalue weighted by Crippen LogP contribution is -2.31. The van der Waals surface area contributed by atoms with Crippen LogP contribution in [-0.4, -0.2) is 12.1 Å². The molecule has 1 aliphatic heterocycles. The molecule has 0 fully saturated rings. The largest absolute Gasteiger partial charge is 0.459 e. The molecule has 0 saturated heterocycles. The minimum atomic E-state index is -0.649. The lowest BCUT2D eigenvalue weighted by atomic mass is 9.83. The lowest BCUT2D eigenvalue weighted by molar-refractivity contribution is -0.143. The maximum Gasteiger partial charge on any atom is 0.340 e. The molecule has 28 heavy (non-hydrogen) atoms. The summed E-state index contributed by atoms with van der Waals surface area (Å²) in [4.78, 5) is 25.9. The number of carbonyl (C=O) groups excluding carboxylic acids is 1. The van der Waals surface area contributed by atoms with Gasteiger partial charge >= 0.3 is 5.97 Å². The number of rotatable bonds is 3. The van der Waals surface area contributed by atoms with Crippen molar-refractivity contribution in [1.29, 1.82) is 0 Å². The first-order chi connectivity index (χ1) is 13.5. The van der Waals surface area contributed by atoms with E-state index in [0.29, 0.717) is 11.3 Å². The van der Waals surface area contributed by atoms with Gasteiger partial charge in [0.15, 0.2) is 0 Å². The molecule has 0 spiro atoms.